The van der Waals surface area contributed by atoms with Gasteiger partial charge in [0.2, 0.25) is 0 Å². The molecular formula is C15H13NO5. The molecule has 0 spiro atoms. The fourth-order valence-corrected chi connectivity index (χ4v) is 2.60. The highest BCUT2D eigenvalue weighted by molar-refractivity contribution is 5.98. The summed E-state index contributed by atoms with van der Waals surface area (Å²) in [5, 5.41) is 8.87. The average molecular weight is 287 g/mol. The molecule has 0 amide bonds. The Kier molecular flexibility index (Phi) is 3.21. The molecule has 2 aromatic heterocycles. The Morgan fingerprint density at radius 2 is 2.10 bits per heavy atom. The number of Topliss-reactive ketones (excluding diaryl/α,β-unsaturated/α-hetero) is 1. The quantitative estimate of drug-likeness (QED) is 0.928. The number of pyridine rings is 1. The van der Waals surface area contributed by atoms with Crippen molar-refractivity contribution in [3.63, 3.8) is 0 Å². The second-order valence-electron chi connectivity index (χ2n) is 5.00. The number of carbonyl (C=O) groups is 2. The van der Waals surface area contributed by atoms with Crippen molar-refractivity contribution in [1.82, 2.24) is 4.57 Å². The lowest BCUT2D eigenvalue weighted by Gasteiger charge is -2.19. The number of aromatic carboxylic acids is 1. The van der Waals surface area contributed by atoms with Crippen LogP contribution in [-0.2, 0) is 13.0 Å². The molecule has 3 rings (SSSR count). The predicted octanol–water partition coefficient (Wildman–Crippen LogP) is 1.71. The van der Waals surface area contributed by atoms with Crippen LogP contribution in [0.3, 0.4) is 0 Å². The minimum absolute atomic E-state index is 0.0377. The van der Waals surface area contributed by atoms with Gasteiger partial charge in [-0.3, -0.25) is 9.59 Å². The second-order valence-corrected chi connectivity index (χ2v) is 5.00. The van der Waals surface area contributed by atoms with Crippen LogP contribution in [0.2, 0.25) is 0 Å². The van der Waals surface area contributed by atoms with Crippen molar-refractivity contribution < 1.29 is 19.1 Å². The Hall–Kier alpha value is -2.63. The van der Waals surface area contributed by atoms with Gasteiger partial charge in [-0.25, -0.2) is 4.79 Å². The van der Waals surface area contributed by atoms with E-state index < -0.39 is 5.97 Å². The number of fused-ring (bicyclic) bond motifs is 1. The number of carboxylic acid groups (broad SMARTS) is 1. The van der Waals surface area contributed by atoms with Gasteiger partial charge in [-0.05, 0) is 25.0 Å². The van der Waals surface area contributed by atoms with Gasteiger partial charge < -0.3 is 14.1 Å². The molecule has 0 saturated heterocycles. The maximum absolute atomic E-state index is 12.0. The van der Waals surface area contributed by atoms with E-state index >= 15 is 0 Å². The first-order valence-corrected chi connectivity index (χ1v) is 6.63. The van der Waals surface area contributed by atoms with Crippen molar-refractivity contribution in [1.29, 1.82) is 0 Å². The van der Waals surface area contributed by atoms with Crippen molar-refractivity contribution >= 4 is 11.8 Å². The van der Waals surface area contributed by atoms with Crippen LogP contribution in [0.4, 0.5) is 0 Å². The molecule has 6 nitrogen and oxygen atoms in total. The number of hydrogen-bond donors (Lipinski definition) is 1. The van der Waals surface area contributed by atoms with Crippen molar-refractivity contribution in [2.24, 2.45) is 0 Å². The highest BCUT2D eigenvalue weighted by Crippen LogP contribution is 2.20. The van der Waals surface area contributed by atoms with Crippen LogP contribution in [-0.4, -0.2) is 21.4 Å². The third-order valence-corrected chi connectivity index (χ3v) is 3.63. The third kappa shape index (κ3) is 2.40. The zero-order valence-electron chi connectivity index (χ0n) is 11.2. The van der Waals surface area contributed by atoms with Gasteiger partial charge in [0, 0.05) is 23.7 Å². The van der Waals surface area contributed by atoms with E-state index in [0.717, 1.165) is 6.26 Å². The molecule has 1 aliphatic rings. The number of nitrogens with zero attached hydrogens (tertiary/aromatic N) is 1. The first kappa shape index (κ1) is 13.4. The van der Waals surface area contributed by atoms with Crippen LogP contribution in [0.5, 0.6) is 0 Å². The van der Waals surface area contributed by atoms with Gasteiger partial charge in [0.05, 0.1) is 12.1 Å². The monoisotopic (exact) mass is 287 g/mol. The Morgan fingerprint density at radius 3 is 2.81 bits per heavy atom. The lowest BCUT2D eigenvalue weighted by molar-refractivity contribution is 0.0696. The maximum Gasteiger partial charge on any atom is 0.338 e. The van der Waals surface area contributed by atoms with Gasteiger partial charge in [0.25, 0.3) is 5.56 Å². The highest BCUT2D eigenvalue weighted by Gasteiger charge is 2.21. The first-order chi connectivity index (χ1) is 10.1. The standard InChI is InChI=1S/C15H13NO5/c17-13-3-1-2-12-11(13)4-5-14(18)16(12)7-10-6-9(8-21-10)15(19)20/h4-6,8H,1-3,7H2,(H,19,20). The molecule has 0 atom stereocenters. The SMILES string of the molecule is O=C(O)c1coc(Cn2c3c(ccc2=O)C(=O)CCC3)c1. The summed E-state index contributed by atoms with van der Waals surface area (Å²) in [6.45, 7) is 0.128. The summed E-state index contributed by atoms with van der Waals surface area (Å²) in [7, 11) is 0. The summed E-state index contributed by atoms with van der Waals surface area (Å²) in [6, 6.07) is 4.32. The summed E-state index contributed by atoms with van der Waals surface area (Å²) in [6.07, 6.45) is 3.01. The summed E-state index contributed by atoms with van der Waals surface area (Å²) in [5.41, 5.74) is 1.09. The van der Waals surface area contributed by atoms with Crippen LogP contribution in [0.25, 0.3) is 0 Å². The molecule has 0 fully saturated rings. The number of furan rings is 1. The van der Waals surface area contributed by atoms with Gasteiger partial charge >= 0.3 is 5.97 Å². The molecular weight excluding hydrogens is 274 g/mol. The lowest BCUT2D eigenvalue weighted by Crippen LogP contribution is -2.28. The van der Waals surface area contributed by atoms with Crippen LogP contribution < -0.4 is 5.56 Å². The van der Waals surface area contributed by atoms with Crippen molar-refractivity contribution in [2.75, 3.05) is 0 Å². The molecule has 2 aromatic rings. The number of ketones is 1. The minimum Gasteiger partial charge on any atom is -0.478 e. The van der Waals surface area contributed by atoms with E-state index in [-0.39, 0.29) is 23.5 Å². The van der Waals surface area contributed by atoms with Crippen molar-refractivity contribution in [3.05, 3.63) is 57.4 Å². The van der Waals surface area contributed by atoms with Gasteiger partial charge in [-0.15, -0.1) is 0 Å². The summed E-state index contributed by atoms with van der Waals surface area (Å²) in [4.78, 5) is 34.8. The summed E-state index contributed by atoms with van der Waals surface area (Å²) in [5.74, 6) is -0.667. The summed E-state index contributed by atoms with van der Waals surface area (Å²) >= 11 is 0. The molecule has 6 heteroatoms. The smallest absolute Gasteiger partial charge is 0.338 e. The van der Waals surface area contributed by atoms with Gasteiger partial charge in [-0.1, -0.05) is 0 Å². The number of hydrogen-bond acceptors (Lipinski definition) is 4. The van der Waals surface area contributed by atoms with Gasteiger partial charge in [-0.2, -0.15) is 0 Å². The molecule has 1 aliphatic carbocycles. The number of carboxylic acids is 1. The van der Waals surface area contributed by atoms with Crippen LogP contribution in [0.15, 0.2) is 33.7 Å². The molecule has 2 heterocycles. The molecule has 0 aliphatic heterocycles. The molecule has 21 heavy (non-hydrogen) atoms. The normalized spacial score (nSPS) is 14.0. The largest absolute Gasteiger partial charge is 0.478 e. The zero-order chi connectivity index (χ0) is 15.0. The van der Waals surface area contributed by atoms with Crippen molar-refractivity contribution in [3.8, 4) is 0 Å². The van der Waals surface area contributed by atoms with E-state index in [9.17, 15) is 14.4 Å². The Balaban J connectivity index is 2.01. The molecule has 0 bridgehead atoms. The number of carbonyl (C=O) groups excluding carboxylic acids is 1. The number of aromatic nitrogens is 1. The molecule has 0 radical (unpaired) electrons. The van der Waals surface area contributed by atoms with E-state index in [1.807, 2.05) is 0 Å². The van der Waals surface area contributed by atoms with Gasteiger partial charge in [0.15, 0.2) is 5.78 Å². The molecule has 0 aromatic carbocycles. The van der Waals surface area contributed by atoms with Crippen LogP contribution >= 0.6 is 0 Å². The third-order valence-electron chi connectivity index (χ3n) is 3.63. The molecule has 0 unspecified atom stereocenters. The number of rotatable bonds is 3. The lowest BCUT2D eigenvalue weighted by atomic mass is 9.94. The van der Waals surface area contributed by atoms with E-state index in [1.165, 1.54) is 16.7 Å². The van der Waals surface area contributed by atoms with Crippen molar-refractivity contribution in [2.45, 2.75) is 25.8 Å². The Labute approximate surface area is 119 Å². The van der Waals surface area contributed by atoms with E-state index in [2.05, 4.69) is 0 Å². The molecule has 108 valence electrons. The highest BCUT2D eigenvalue weighted by atomic mass is 16.4. The average Bonchev–Trinajstić information content (AvgIpc) is 2.91. The van der Waals surface area contributed by atoms with Crippen LogP contribution in [0.1, 0.15) is 45.0 Å². The minimum atomic E-state index is -1.08. The molecule has 0 saturated carbocycles. The zero-order valence-corrected chi connectivity index (χ0v) is 11.2. The fraction of sp³-hybridized carbons (Fsp3) is 0.267. The van der Waals surface area contributed by atoms with Crippen LogP contribution in [0, 0.1) is 0 Å². The Morgan fingerprint density at radius 1 is 1.29 bits per heavy atom. The fourth-order valence-electron chi connectivity index (χ4n) is 2.60. The predicted molar refractivity (Wildman–Crippen MR) is 72.7 cm³/mol. The first-order valence-electron chi connectivity index (χ1n) is 6.63. The van der Waals surface area contributed by atoms with E-state index in [4.69, 9.17) is 9.52 Å². The van der Waals surface area contributed by atoms with Gasteiger partial charge in [0.1, 0.15) is 12.0 Å². The van der Waals surface area contributed by atoms with E-state index in [0.29, 0.717) is 36.3 Å². The summed E-state index contributed by atoms with van der Waals surface area (Å²) < 4.78 is 6.66. The maximum atomic E-state index is 12.0. The Bertz CT molecular complexity index is 784. The second kappa shape index (κ2) is 5.05. The van der Waals surface area contributed by atoms with E-state index in [1.54, 1.807) is 6.07 Å². The molecule has 1 N–H and O–H groups in total. The topological polar surface area (TPSA) is 89.5 Å².